The fraction of sp³-hybridized carbons (Fsp3) is 0.125. The molecule has 108 valence electrons. The van der Waals surface area contributed by atoms with Crippen molar-refractivity contribution in [2.45, 2.75) is 5.38 Å². The fourth-order valence-corrected chi connectivity index (χ4v) is 2.05. The normalized spacial score (nSPS) is 11.5. The van der Waals surface area contributed by atoms with E-state index in [4.69, 9.17) is 11.6 Å². The predicted molar refractivity (Wildman–Crippen MR) is 81.4 cm³/mol. The zero-order valence-corrected chi connectivity index (χ0v) is 12.1. The fourth-order valence-electron chi connectivity index (χ4n) is 1.85. The van der Waals surface area contributed by atoms with Gasteiger partial charge in [-0.1, -0.05) is 42.5 Å². The summed E-state index contributed by atoms with van der Waals surface area (Å²) in [5, 5.41) is 1.82. The van der Waals surface area contributed by atoms with Crippen molar-refractivity contribution in [1.82, 2.24) is 0 Å². The van der Waals surface area contributed by atoms with Crippen molar-refractivity contribution in [3.63, 3.8) is 0 Å². The number of methoxy groups -OCH3 is 1. The standard InChI is InChI=1S/C16H14ClNO3/c1-21-16(20)12-9-5-6-10-13(12)18-15(19)14(17)11-7-3-2-4-8-11/h2-10,14H,1H3,(H,18,19). The number of nitrogens with one attached hydrogen (secondary N) is 1. The first kappa shape index (κ1) is 15.1. The first-order valence-electron chi connectivity index (χ1n) is 6.30. The van der Waals surface area contributed by atoms with Crippen molar-refractivity contribution in [1.29, 1.82) is 0 Å². The summed E-state index contributed by atoms with van der Waals surface area (Å²) in [5.74, 6) is -0.920. The van der Waals surface area contributed by atoms with Crippen LogP contribution < -0.4 is 5.32 Å². The van der Waals surface area contributed by atoms with Crippen LogP contribution in [0.5, 0.6) is 0 Å². The zero-order valence-electron chi connectivity index (χ0n) is 11.4. The third-order valence-corrected chi connectivity index (χ3v) is 3.36. The highest BCUT2D eigenvalue weighted by atomic mass is 35.5. The first-order valence-corrected chi connectivity index (χ1v) is 6.74. The van der Waals surface area contributed by atoms with E-state index in [0.29, 0.717) is 11.3 Å². The maximum atomic E-state index is 12.2. The van der Waals surface area contributed by atoms with E-state index in [9.17, 15) is 9.59 Å². The van der Waals surface area contributed by atoms with Gasteiger partial charge in [-0.05, 0) is 17.7 Å². The van der Waals surface area contributed by atoms with Gasteiger partial charge < -0.3 is 10.1 Å². The lowest BCUT2D eigenvalue weighted by molar-refractivity contribution is -0.116. The van der Waals surface area contributed by atoms with Crippen molar-refractivity contribution in [2.24, 2.45) is 0 Å². The average Bonchev–Trinajstić information content (AvgIpc) is 2.54. The molecule has 0 bridgehead atoms. The smallest absolute Gasteiger partial charge is 0.339 e. The van der Waals surface area contributed by atoms with E-state index in [0.717, 1.165) is 0 Å². The number of esters is 1. The number of carbonyl (C=O) groups excluding carboxylic acids is 2. The number of para-hydroxylation sites is 1. The van der Waals surface area contributed by atoms with E-state index < -0.39 is 17.3 Å². The summed E-state index contributed by atoms with van der Waals surface area (Å²) in [4.78, 5) is 23.8. The highest BCUT2D eigenvalue weighted by molar-refractivity contribution is 6.32. The summed E-state index contributed by atoms with van der Waals surface area (Å²) in [6, 6.07) is 15.6. The van der Waals surface area contributed by atoms with Gasteiger partial charge in [0.2, 0.25) is 5.91 Å². The molecule has 1 N–H and O–H groups in total. The summed E-state index contributed by atoms with van der Waals surface area (Å²) in [7, 11) is 1.29. The summed E-state index contributed by atoms with van der Waals surface area (Å²) in [6.45, 7) is 0. The minimum absolute atomic E-state index is 0.283. The summed E-state index contributed by atoms with van der Waals surface area (Å²) >= 11 is 6.14. The number of carbonyl (C=O) groups is 2. The van der Waals surface area contributed by atoms with Gasteiger partial charge in [0, 0.05) is 0 Å². The van der Waals surface area contributed by atoms with Gasteiger partial charge in [0.05, 0.1) is 18.4 Å². The van der Waals surface area contributed by atoms with E-state index in [2.05, 4.69) is 10.1 Å². The van der Waals surface area contributed by atoms with Gasteiger partial charge in [-0.3, -0.25) is 4.79 Å². The molecule has 0 spiro atoms. The quantitative estimate of drug-likeness (QED) is 0.696. The molecule has 21 heavy (non-hydrogen) atoms. The molecule has 2 aromatic rings. The van der Waals surface area contributed by atoms with E-state index in [-0.39, 0.29) is 5.56 Å². The molecule has 5 heteroatoms. The van der Waals surface area contributed by atoms with Crippen molar-refractivity contribution in [3.05, 3.63) is 65.7 Å². The molecule has 0 saturated carbocycles. The Bertz CT molecular complexity index is 643. The number of ether oxygens (including phenoxy) is 1. The number of amides is 1. The highest BCUT2D eigenvalue weighted by Gasteiger charge is 2.20. The molecule has 1 atom stereocenters. The Balaban J connectivity index is 2.19. The predicted octanol–water partition coefficient (Wildman–Crippen LogP) is 3.39. The van der Waals surface area contributed by atoms with Gasteiger partial charge in [0.15, 0.2) is 0 Å². The number of hydrogen-bond donors (Lipinski definition) is 1. The molecular formula is C16H14ClNO3. The van der Waals surface area contributed by atoms with Crippen LogP contribution in [0.2, 0.25) is 0 Å². The third kappa shape index (κ3) is 3.61. The molecule has 0 aliphatic carbocycles. The van der Waals surface area contributed by atoms with Gasteiger partial charge in [0.25, 0.3) is 0 Å². The van der Waals surface area contributed by atoms with Crippen LogP contribution in [0, 0.1) is 0 Å². The SMILES string of the molecule is COC(=O)c1ccccc1NC(=O)C(Cl)c1ccccc1. The van der Waals surface area contributed by atoms with Crippen LogP contribution >= 0.6 is 11.6 Å². The van der Waals surface area contributed by atoms with Crippen LogP contribution in [0.25, 0.3) is 0 Å². The van der Waals surface area contributed by atoms with E-state index >= 15 is 0 Å². The lowest BCUT2D eigenvalue weighted by Gasteiger charge is -2.13. The van der Waals surface area contributed by atoms with Crippen molar-refractivity contribution < 1.29 is 14.3 Å². The minimum atomic E-state index is -0.836. The monoisotopic (exact) mass is 303 g/mol. The van der Waals surface area contributed by atoms with Crippen LogP contribution in [0.4, 0.5) is 5.69 Å². The highest BCUT2D eigenvalue weighted by Crippen LogP contribution is 2.23. The number of anilines is 1. The number of hydrogen-bond acceptors (Lipinski definition) is 3. The average molecular weight is 304 g/mol. The topological polar surface area (TPSA) is 55.4 Å². The number of alkyl halides is 1. The Morgan fingerprint density at radius 2 is 1.67 bits per heavy atom. The number of rotatable bonds is 4. The number of halogens is 1. The molecule has 0 heterocycles. The second-order valence-corrected chi connectivity index (χ2v) is 4.74. The van der Waals surface area contributed by atoms with Crippen LogP contribution in [-0.2, 0) is 9.53 Å². The molecule has 1 amide bonds. The van der Waals surface area contributed by atoms with Gasteiger partial charge in [-0.15, -0.1) is 11.6 Å². The molecule has 1 unspecified atom stereocenters. The van der Waals surface area contributed by atoms with Crippen molar-refractivity contribution in [2.75, 3.05) is 12.4 Å². The van der Waals surface area contributed by atoms with Gasteiger partial charge >= 0.3 is 5.97 Å². The summed E-state index contributed by atoms with van der Waals surface area (Å²) in [5.41, 5.74) is 1.34. The molecule has 0 aliphatic heterocycles. The Morgan fingerprint density at radius 1 is 1.05 bits per heavy atom. The molecular weight excluding hydrogens is 290 g/mol. The Hall–Kier alpha value is -2.33. The van der Waals surface area contributed by atoms with Gasteiger partial charge in [0.1, 0.15) is 5.38 Å². The van der Waals surface area contributed by atoms with Crippen LogP contribution in [0.3, 0.4) is 0 Å². The lowest BCUT2D eigenvalue weighted by Crippen LogP contribution is -2.19. The van der Waals surface area contributed by atoms with E-state index in [1.165, 1.54) is 7.11 Å². The molecule has 0 aromatic heterocycles. The zero-order chi connectivity index (χ0) is 15.2. The maximum Gasteiger partial charge on any atom is 0.339 e. The molecule has 2 aromatic carbocycles. The van der Waals surface area contributed by atoms with Gasteiger partial charge in [-0.25, -0.2) is 4.79 Å². The Kier molecular flexibility index (Phi) is 4.95. The molecule has 0 radical (unpaired) electrons. The second-order valence-electron chi connectivity index (χ2n) is 4.30. The molecule has 0 saturated heterocycles. The van der Waals surface area contributed by atoms with Crippen LogP contribution in [0.15, 0.2) is 54.6 Å². The van der Waals surface area contributed by atoms with Crippen molar-refractivity contribution in [3.8, 4) is 0 Å². The summed E-state index contributed by atoms with van der Waals surface area (Å²) < 4.78 is 4.68. The minimum Gasteiger partial charge on any atom is -0.465 e. The summed E-state index contributed by atoms with van der Waals surface area (Å²) in [6.07, 6.45) is 0. The van der Waals surface area contributed by atoms with E-state index in [1.807, 2.05) is 6.07 Å². The molecule has 0 fully saturated rings. The molecule has 2 rings (SSSR count). The second kappa shape index (κ2) is 6.90. The molecule has 4 nitrogen and oxygen atoms in total. The lowest BCUT2D eigenvalue weighted by atomic mass is 10.1. The maximum absolute atomic E-state index is 12.2. The number of benzene rings is 2. The third-order valence-electron chi connectivity index (χ3n) is 2.91. The first-order chi connectivity index (χ1) is 10.1. The Labute approximate surface area is 127 Å². The van der Waals surface area contributed by atoms with Crippen molar-refractivity contribution >= 4 is 29.2 Å². The van der Waals surface area contributed by atoms with Gasteiger partial charge in [-0.2, -0.15) is 0 Å². The Morgan fingerprint density at radius 3 is 2.33 bits per heavy atom. The van der Waals surface area contributed by atoms with E-state index in [1.54, 1.807) is 48.5 Å². The molecule has 0 aliphatic rings. The van der Waals surface area contributed by atoms with Crippen LogP contribution in [-0.4, -0.2) is 19.0 Å². The van der Waals surface area contributed by atoms with Crippen LogP contribution in [0.1, 0.15) is 21.3 Å². The largest absolute Gasteiger partial charge is 0.465 e.